The van der Waals surface area contributed by atoms with E-state index >= 15 is 0 Å². The summed E-state index contributed by atoms with van der Waals surface area (Å²) in [5, 5.41) is 20.4. The van der Waals surface area contributed by atoms with Gasteiger partial charge in [0.05, 0.1) is 5.69 Å². The lowest BCUT2D eigenvalue weighted by atomic mass is 10.1. The molecule has 0 radical (unpaired) electrons. The van der Waals surface area contributed by atoms with Crippen LogP contribution in [0.1, 0.15) is 30.0 Å². The molecule has 6 heteroatoms. The van der Waals surface area contributed by atoms with Crippen LogP contribution in [0.15, 0.2) is 53.8 Å². The maximum atomic E-state index is 9.32. The number of hydrogen-bond donors (Lipinski definition) is 3. The van der Waals surface area contributed by atoms with E-state index in [0.29, 0.717) is 11.5 Å². The molecule has 24 heavy (non-hydrogen) atoms. The number of nitrogens with zero attached hydrogens (tertiary/aromatic N) is 3. The predicted molar refractivity (Wildman–Crippen MR) is 94.0 cm³/mol. The summed E-state index contributed by atoms with van der Waals surface area (Å²) in [5.74, 6) is 0.527. The predicted octanol–water partition coefficient (Wildman–Crippen LogP) is 1.91. The third kappa shape index (κ3) is 4.42. The largest absolute Gasteiger partial charge is 0.364 e. The van der Waals surface area contributed by atoms with E-state index in [-0.39, 0.29) is 0 Å². The topological polar surface area (TPSA) is 95.2 Å². The highest BCUT2D eigenvalue weighted by Gasteiger charge is 2.12. The molecule has 1 heterocycles. The zero-order chi connectivity index (χ0) is 17.5. The van der Waals surface area contributed by atoms with Crippen molar-refractivity contribution >= 4 is 23.9 Å². The molecular formula is C18H21N4O2+. The van der Waals surface area contributed by atoms with Gasteiger partial charge in [-0.3, -0.25) is 4.99 Å². The number of aliphatic hydroxyl groups is 2. The summed E-state index contributed by atoms with van der Waals surface area (Å²) in [7, 11) is 0. The van der Waals surface area contributed by atoms with E-state index < -0.39 is 6.29 Å². The van der Waals surface area contributed by atoms with Crippen molar-refractivity contribution in [1.29, 1.82) is 0 Å². The molecule has 0 spiro atoms. The first-order chi connectivity index (χ1) is 11.5. The molecule has 0 fully saturated rings. The van der Waals surface area contributed by atoms with E-state index in [4.69, 9.17) is 0 Å². The van der Waals surface area contributed by atoms with Gasteiger partial charge in [-0.05, 0) is 26.6 Å². The molecule has 0 unspecified atom stereocenters. The molecule has 0 atom stereocenters. The van der Waals surface area contributed by atoms with Crippen molar-refractivity contribution in [3.8, 4) is 0 Å². The minimum Gasteiger partial charge on any atom is -0.364 e. The summed E-state index contributed by atoms with van der Waals surface area (Å²) in [6.45, 7) is 7.33. The second kappa shape index (κ2) is 8.26. The lowest BCUT2D eigenvalue weighted by molar-refractivity contribution is -0.488. The van der Waals surface area contributed by atoms with Crippen molar-refractivity contribution in [2.24, 2.45) is 4.99 Å². The molecule has 1 aromatic heterocycles. The van der Waals surface area contributed by atoms with Gasteiger partial charge in [-0.1, -0.05) is 24.3 Å². The summed E-state index contributed by atoms with van der Waals surface area (Å²) in [5.41, 5.74) is 3.81. The normalized spacial score (nSPS) is 12.1. The molecule has 1 aromatic carbocycles. The highest BCUT2D eigenvalue weighted by Crippen LogP contribution is 2.18. The fourth-order valence-corrected chi connectivity index (χ4v) is 2.19. The first-order valence-corrected chi connectivity index (χ1v) is 7.48. The first kappa shape index (κ1) is 17.7. The average molecular weight is 325 g/mol. The van der Waals surface area contributed by atoms with Crippen LogP contribution in [0.5, 0.6) is 0 Å². The van der Waals surface area contributed by atoms with Crippen LogP contribution in [-0.4, -0.2) is 26.9 Å². The van der Waals surface area contributed by atoms with Gasteiger partial charge in [-0.15, -0.1) is 0 Å². The Bertz CT molecular complexity index is 782. The molecule has 4 N–H and O–H groups in total. The number of quaternary nitrogens is 1. The maximum Gasteiger partial charge on any atom is 0.331 e. The highest BCUT2D eigenvalue weighted by molar-refractivity contribution is 5.71. The summed E-state index contributed by atoms with van der Waals surface area (Å²) in [6.07, 6.45) is 5.61. The fourth-order valence-electron chi connectivity index (χ4n) is 2.19. The minimum absolute atomic E-state index is 0.424. The molecule has 0 saturated carbocycles. The minimum atomic E-state index is -1.51. The summed E-state index contributed by atoms with van der Waals surface area (Å²) >= 11 is 0. The van der Waals surface area contributed by atoms with E-state index in [2.05, 4.69) is 21.7 Å². The van der Waals surface area contributed by atoms with Gasteiger partial charge in [-0.25, -0.2) is 5.32 Å². The van der Waals surface area contributed by atoms with Gasteiger partial charge in [0.2, 0.25) is 0 Å². The average Bonchev–Trinajstić information content (AvgIpc) is 2.57. The Morgan fingerprint density at radius 3 is 2.79 bits per heavy atom. The molecule has 0 saturated heterocycles. The number of benzene rings is 1. The monoisotopic (exact) mass is 325 g/mol. The number of aromatic nitrogens is 2. The Hall–Kier alpha value is -2.67. The lowest BCUT2D eigenvalue weighted by Gasteiger charge is -2.08. The Morgan fingerprint density at radius 1 is 1.33 bits per heavy atom. The molecule has 2 aromatic rings. The molecule has 0 aliphatic heterocycles. The van der Waals surface area contributed by atoms with Gasteiger partial charge >= 0.3 is 5.95 Å². The lowest BCUT2D eigenvalue weighted by Crippen LogP contribution is -2.72. The fraction of sp³-hybridized carbons (Fsp3) is 0.167. The van der Waals surface area contributed by atoms with Gasteiger partial charge < -0.3 is 10.2 Å². The SMILES string of the molecule is C=NC=C(C=CC)c1ccnc([NH2+]c2cc(C(O)O)ccc2C)n1. The van der Waals surface area contributed by atoms with Crippen molar-refractivity contribution in [2.75, 3.05) is 0 Å². The summed E-state index contributed by atoms with van der Waals surface area (Å²) < 4.78 is 0. The zero-order valence-corrected chi connectivity index (χ0v) is 13.7. The van der Waals surface area contributed by atoms with Gasteiger partial charge in [0, 0.05) is 35.2 Å². The number of nitrogens with two attached hydrogens (primary N) is 1. The molecule has 6 nitrogen and oxygen atoms in total. The van der Waals surface area contributed by atoms with Gasteiger partial charge in [0.15, 0.2) is 6.29 Å². The molecular weight excluding hydrogens is 304 g/mol. The van der Waals surface area contributed by atoms with Crippen LogP contribution < -0.4 is 5.32 Å². The van der Waals surface area contributed by atoms with Crippen molar-refractivity contribution in [2.45, 2.75) is 20.1 Å². The number of aryl methyl sites for hydroxylation is 1. The zero-order valence-electron chi connectivity index (χ0n) is 13.7. The maximum absolute atomic E-state index is 9.32. The Labute approximate surface area is 141 Å². The smallest absolute Gasteiger partial charge is 0.331 e. The molecule has 2 rings (SSSR count). The van der Waals surface area contributed by atoms with E-state index in [1.807, 2.05) is 32.1 Å². The summed E-state index contributed by atoms with van der Waals surface area (Å²) in [6, 6.07) is 7.02. The number of aliphatic hydroxyl groups excluding tert-OH is 1. The van der Waals surface area contributed by atoms with Gasteiger partial charge in [-0.2, -0.15) is 9.97 Å². The molecule has 0 aliphatic carbocycles. The van der Waals surface area contributed by atoms with E-state index in [9.17, 15) is 10.2 Å². The van der Waals surface area contributed by atoms with Crippen LogP contribution >= 0.6 is 0 Å². The molecule has 0 amide bonds. The molecule has 124 valence electrons. The van der Waals surface area contributed by atoms with Crippen molar-refractivity contribution in [3.63, 3.8) is 0 Å². The van der Waals surface area contributed by atoms with Crippen LogP contribution in [0.2, 0.25) is 0 Å². The standard InChI is InChI=1S/C18H20N4O2/c1-4-5-14(11-19-3)15-8-9-20-18(21-15)22-16-10-13(17(23)24)7-6-12(16)2/h4-11,17,23-24H,3H2,1-2H3,(H,20,21,22)/p+1. The Balaban J connectivity index is 2.35. The number of aliphatic imine (C=N–C) groups is 1. The van der Waals surface area contributed by atoms with Gasteiger partial charge in [0.1, 0.15) is 5.69 Å². The van der Waals surface area contributed by atoms with Crippen LogP contribution in [0, 0.1) is 6.92 Å². The Morgan fingerprint density at radius 2 is 2.12 bits per heavy atom. The third-order valence-electron chi connectivity index (χ3n) is 3.43. The molecule has 0 aliphatic rings. The van der Waals surface area contributed by atoms with Crippen LogP contribution in [-0.2, 0) is 0 Å². The molecule has 0 bridgehead atoms. The van der Waals surface area contributed by atoms with Crippen LogP contribution in [0.3, 0.4) is 0 Å². The van der Waals surface area contributed by atoms with Crippen LogP contribution in [0.4, 0.5) is 11.6 Å². The quantitative estimate of drug-likeness (QED) is 0.327. The number of rotatable bonds is 6. The Kier molecular flexibility index (Phi) is 6.08. The van der Waals surface area contributed by atoms with Crippen molar-refractivity contribution in [1.82, 2.24) is 9.97 Å². The van der Waals surface area contributed by atoms with E-state index in [1.54, 1.807) is 35.9 Å². The van der Waals surface area contributed by atoms with E-state index in [1.165, 1.54) is 0 Å². The van der Waals surface area contributed by atoms with E-state index in [0.717, 1.165) is 22.5 Å². The summed E-state index contributed by atoms with van der Waals surface area (Å²) in [4.78, 5) is 12.6. The third-order valence-corrected chi connectivity index (χ3v) is 3.43. The second-order valence-corrected chi connectivity index (χ2v) is 5.20. The first-order valence-electron chi connectivity index (χ1n) is 7.48. The van der Waals surface area contributed by atoms with Gasteiger partial charge in [0.25, 0.3) is 0 Å². The van der Waals surface area contributed by atoms with Crippen molar-refractivity contribution < 1.29 is 15.5 Å². The number of hydrogen-bond acceptors (Lipinski definition) is 5. The second-order valence-electron chi connectivity index (χ2n) is 5.20. The highest BCUT2D eigenvalue weighted by atomic mass is 16.5. The van der Waals surface area contributed by atoms with Crippen LogP contribution in [0.25, 0.3) is 5.57 Å². The van der Waals surface area contributed by atoms with Crippen molar-refractivity contribution in [3.05, 3.63) is 65.6 Å². The number of allylic oxidation sites excluding steroid dienone is 3.